The number of rotatable bonds is 5. The van der Waals surface area contributed by atoms with E-state index in [2.05, 4.69) is 10.3 Å². The van der Waals surface area contributed by atoms with Crippen molar-refractivity contribution in [3.63, 3.8) is 0 Å². The average molecular weight is 313 g/mol. The van der Waals surface area contributed by atoms with Gasteiger partial charge in [-0.1, -0.05) is 30.9 Å². The molecule has 1 aliphatic rings. The first kappa shape index (κ1) is 15.9. The zero-order valence-corrected chi connectivity index (χ0v) is 12.9. The van der Waals surface area contributed by atoms with E-state index in [1.807, 2.05) is 0 Å². The molecule has 1 heterocycles. The number of ether oxygens (including phenoxy) is 1. The third-order valence-electron chi connectivity index (χ3n) is 3.81. The van der Waals surface area contributed by atoms with E-state index in [-0.39, 0.29) is 11.6 Å². The molecule has 1 aromatic heterocycles. The molecule has 0 aliphatic heterocycles. The van der Waals surface area contributed by atoms with Crippen molar-refractivity contribution in [2.75, 3.05) is 6.54 Å². The highest BCUT2D eigenvalue weighted by Gasteiger charge is 2.21. The second kappa shape index (κ2) is 7.50. The summed E-state index contributed by atoms with van der Waals surface area (Å²) in [6, 6.07) is 1.47. The monoisotopic (exact) mass is 312 g/mol. The van der Waals surface area contributed by atoms with Gasteiger partial charge in [-0.25, -0.2) is 4.79 Å². The van der Waals surface area contributed by atoms with Crippen molar-refractivity contribution in [1.29, 1.82) is 0 Å². The topological polar surface area (TPSA) is 71.2 Å². The Hall–Kier alpha value is -1.49. The van der Waals surface area contributed by atoms with Gasteiger partial charge in [-0.15, -0.1) is 0 Å². The van der Waals surface area contributed by atoms with E-state index < -0.39 is 12.1 Å². The molecule has 0 saturated heterocycles. The van der Waals surface area contributed by atoms with Crippen LogP contribution in [0.25, 0.3) is 0 Å². The highest BCUT2D eigenvalue weighted by Crippen LogP contribution is 2.22. The third-order valence-corrected chi connectivity index (χ3v) is 4.03. The summed E-state index contributed by atoms with van der Waals surface area (Å²) in [6.45, 7) is 2.23. The summed E-state index contributed by atoms with van der Waals surface area (Å²) in [5.41, 5.74) is 0.243. The van der Waals surface area contributed by atoms with Crippen molar-refractivity contribution in [1.82, 2.24) is 10.3 Å². The lowest BCUT2D eigenvalue weighted by Crippen LogP contribution is -2.38. The SMILES string of the molecule is CC(OC(=O)c1cc(Cl)c[nH]1)C(=O)NCC1CCCCC1. The zero-order chi connectivity index (χ0) is 15.2. The van der Waals surface area contributed by atoms with Crippen molar-refractivity contribution < 1.29 is 14.3 Å². The van der Waals surface area contributed by atoms with Crippen LogP contribution in [-0.4, -0.2) is 29.5 Å². The summed E-state index contributed by atoms with van der Waals surface area (Å²) < 4.78 is 5.11. The normalized spacial score (nSPS) is 17.2. The van der Waals surface area contributed by atoms with Gasteiger partial charge >= 0.3 is 5.97 Å². The van der Waals surface area contributed by atoms with Crippen LogP contribution in [0.3, 0.4) is 0 Å². The van der Waals surface area contributed by atoms with Gasteiger partial charge in [0.1, 0.15) is 5.69 Å². The van der Waals surface area contributed by atoms with E-state index in [4.69, 9.17) is 16.3 Å². The van der Waals surface area contributed by atoms with Crippen molar-refractivity contribution in [3.05, 3.63) is 23.0 Å². The lowest BCUT2D eigenvalue weighted by Gasteiger charge is -2.22. The van der Waals surface area contributed by atoms with Crippen LogP contribution in [0.2, 0.25) is 5.02 Å². The fraction of sp³-hybridized carbons (Fsp3) is 0.600. The Morgan fingerprint density at radius 2 is 2.14 bits per heavy atom. The van der Waals surface area contributed by atoms with Gasteiger partial charge in [0.25, 0.3) is 5.91 Å². The maximum Gasteiger partial charge on any atom is 0.355 e. The molecule has 6 heteroatoms. The summed E-state index contributed by atoms with van der Waals surface area (Å²) in [5, 5.41) is 3.29. The molecule has 21 heavy (non-hydrogen) atoms. The molecule has 1 fully saturated rings. The van der Waals surface area contributed by atoms with Crippen LogP contribution in [0.5, 0.6) is 0 Å². The lowest BCUT2D eigenvalue weighted by atomic mass is 9.89. The molecule has 0 radical (unpaired) electrons. The highest BCUT2D eigenvalue weighted by atomic mass is 35.5. The number of aromatic amines is 1. The van der Waals surface area contributed by atoms with Crippen LogP contribution in [0.15, 0.2) is 12.3 Å². The predicted molar refractivity (Wildman–Crippen MR) is 80.3 cm³/mol. The smallest absolute Gasteiger partial charge is 0.355 e. The Morgan fingerprint density at radius 3 is 2.76 bits per heavy atom. The Morgan fingerprint density at radius 1 is 1.43 bits per heavy atom. The Bertz CT molecular complexity index is 495. The van der Waals surface area contributed by atoms with E-state index in [1.165, 1.54) is 31.5 Å². The fourth-order valence-electron chi connectivity index (χ4n) is 2.54. The molecule has 116 valence electrons. The summed E-state index contributed by atoms with van der Waals surface area (Å²) in [6.07, 6.45) is 6.76. The number of aromatic nitrogens is 1. The fourth-order valence-corrected chi connectivity index (χ4v) is 2.71. The minimum Gasteiger partial charge on any atom is -0.448 e. The van der Waals surface area contributed by atoms with Crippen LogP contribution in [-0.2, 0) is 9.53 Å². The average Bonchev–Trinajstić information content (AvgIpc) is 2.92. The lowest BCUT2D eigenvalue weighted by molar-refractivity contribution is -0.129. The zero-order valence-electron chi connectivity index (χ0n) is 12.2. The summed E-state index contributed by atoms with van der Waals surface area (Å²) in [7, 11) is 0. The van der Waals surface area contributed by atoms with Crippen molar-refractivity contribution in [2.45, 2.75) is 45.1 Å². The van der Waals surface area contributed by atoms with Crippen LogP contribution in [0.4, 0.5) is 0 Å². The van der Waals surface area contributed by atoms with Crippen molar-refractivity contribution >= 4 is 23.5 Å². The minimum atomic E-state index is -0.817. The number of esters is 1. The van der Waals surface area contributed by atoms with Crippen LogP contribution in [0, 0.1) is 5.92 Å². The first-order chi connectivity index (χ1) is 10.1. The molecule has 0 spiro atoms. The van der Waals surface area contributed by atoms with Gasteiger partial charge in [0.15, 0.2) is 6.10 Å². The number of halogens is 1. The van der Waals surface area contributed by atoms with Crippen LogP contribution >= 0.6 is 11.6 Å². The second-order valence-electron chi connectivity index (χ2n) is 5.53. The third kappa shape index (κ3) is 4.77. The van der Waals surface area contributed by atoms with Gasteiger partial charge in [0, 0.05) is 12.7 Å². The predicted octanol–water partition coefficient (Wildman–Crippen LogP) is 2.91. The number of amides is 1. The molecule has 0 aromatic carbocycles. The molecule has 1 saturated carbocycles. The van der Waals surface area contributed by atoms with Gasteiger partial charge in [-0.3, -0.25) is 4.79 Å². The van der Waals surface area contributed by atoms with E-state index >= 15 is 0 Å². The Balaban J connectivity index is 1.75. The molecular formula is C15H21ClN2O3. The number of H-pyrrole nitrogens is 1. The Kier molecular flexibility index (Phi) is 5.67. The number of hydrogen-bond donors (Lipinski definition) is 2. The van der Waals surface area contributed by atoms with E-state index in [0.717, 1.165) is 12.8 Å². The van der Waals surface area contributed by atoms with Crippen LogP contribution in [0.1, 0.15) is 49.5 Å². The van der Waals surface area contributed by atoms with Crippen LogP contribution < -0.4 is 5.32 Å². The van der Waals surface area contributed by atoms with E-state index in [1.54, 1.807) is 6.92 Å². The largest absolute Gasteiger partial charge is 0.448 e. The van der Waals surface area contributed by atoms with Gasteiger partial charge < -0.3 is 15.0 Å². The summed E-state index contributed by atoms with van der Waals surface area (Å²) in [5.74, 6) is -0.290. The molecule has 2 rings (SSSR count). The van der Waals surface area contributed by atoms with E-state index in [9.17, 15) is 9.59 Å². The number of hydrogen-bond acceptors (Lipinski definition) is 3. The quantitative estimate of drug-likeness (QED) is 0.821. The molecule has 1 atom stereocenters. The highest BCUT2D eigenvalue weighted by molar-refractivity contribution is 6.30. The van der Waals surface area contributed by atoms with Gasteiger partial charge in [-0.2, -0.15) is 0 Å². The second-order valence-corrected chi connectivity index (χ2v) is 5.96. The van der Waals surface area contributed by atoms with Crippen molar-refractivity contribution in [3.8, 4) is 0 Å². The minimum absolute atomic E-state index is 0.243. The maximum atomic E-state index is 11.9. The van der Waals surface area contributed by atoms with Gasteiger partial charge in [0.2, 0.25) is 0 Å². The van der Waals surface area contributed by atoms with Gasteiger partial charge in [0.05, 0.1) is 5.02 Å². The molecular weight excluding hydrogens is 292 g/mol. The molecule has 2 N–H and O–H groups in total. The standard InChI is InChI=1S/C15H21ClN2O3/c1-10(21-15(20)13-7-12(16)9-17-13)14(19)18-8-11-5-3-2-4-6-11/h7,9-11,17H,2-6,8H2,1H3,(H,18,19). The molecule has 0 bridgehead atoms. The molecule has 1 amide bonds. The first-order valence-electron chi connectivity index (χ1n) is 7.39. The van der Waals surface area contributed by atoms with Gasteiger partial charge in [-0.05, 0) is 31.7 Å². The van der Waals surface area contributed by atoms with Crippen molar-refractivity contribution in [2.24, 2.45) is 5.92 Å². The van der Waals surface area contributed by atoms with E-state index in [0.29, 0.717) is 17.5 Å². The molecule has 5 nitrogen and oxygen atoms in total. The summed E-state index contributed by atoms with van der Waals surface area (Å²) in [4.78, 5) is 26.4. The molecule has 1 unspecified atom stereocenters. The number of carbonyl (C=O) groups excluding carboxylic acids is 2. The first-order valence-corrected chi connectivity index (χ1v) is 7.76. The molecule has 1 aliphatic carbocycles. The number of carbonyl (C=O) groups is 2. The number of nitrogens with one attached hydrogen (secondary N) is 2. The Labute approximate surface area is 129 Å². The molecule has 1 aromatic rings. The summed E-state index contributed by atoms with van der Waals surface area (Å²) >= 11 is 5.72. The maximum absolute atomic E-state index is 11.9.